The number of aryl methyl sites for hydroxylation is 1. The van der Waals surface area contributed by atoms with E-state index in [1.165, 1.54) is 23.1 Å². The van der Waals surface area contributed by atoms with Crippen LogP contribution in [0.4, 0.5) is 5.69 Å². The zero-order chi connectivity index (χ0) is 26.1. The van der Waals surface area contributed by atoms with Gasteiger partial charge < -0.3 is 14.8 Å². The molecule has 2 aromatic heterocycles. The number of ether oxygens (including phenoxy) is 2. The molecule has 1 N–H and O–H groups in total. The number of thiophene rings is 1. The molecule has 3 heterocycles. The summed E-state index contributed by atoms with van der Waals surface area (Å²) >= 11 is 2.75. The summed E-state index contributed by atoms with van der Waals surface area (Å²) in [6, 6.07) is 15.0. The summed E-state index contributed by atoms with van der Waals surface area (Å²) in [5, 5.41) is 4.04. The Hall–Kier alpha value is -3.14. The van der Waals surface area contributed by atoms with E-state index in [1.807, 2.05) is 43.3 Å². The molecule has 7 nitrogen and oxygen atoms in total. The van der Waals surface area contributed by atoms with Gasteiger partial charge in [0.1, 0.15) is 10.6 Å². The van der Waals surface area contributed by atoms with E-state index in [2.05, 4.69) is 19.2 Å². The van der Waals surface area contributed by atoms with Crippen LogP contribution < -0.4 is 15.6 Å². The van der Waals surface area contributed by atoms with Gasteiger partial charge in [-0.15, -0.1) is 11.3 Å². The highest BCUT2D eigenvalue weighted by Crippen LogP contribution is 2.36. The Bertz CT molecular complexity index is 1510. The van der Waals surface area contributed by atoms with Crippen molar-refractivity contribution in [1.82, 2.24) is 9.55 Å². The molecular weight excluding hydrogens is 506 g/mol. The largest absolute Gasteiger partial charge is 0.495 e. The first kappa shape index (κ1) is 25.5. The van der Waals surface area contributed by atoms with Crippen LogP contribution in [0.5, 0.6) is 5.75 Å². The van der Waals surface area contributed by atoms with E-state index in [-0.39, 0.29) is 23.3 Å². The van der Waals surface area contributed by atoms with Crippen molar-refractivity contribution in [3.8, 4) is 11.4 Å². The number of hydrogen-bond donors (Lipinski definition) is 1. The minimum absolute atomic E-state index is 0.0743. The van der Waals surface area contributed by atoms with Crippen LogP contribution in [0.25, 0.3) is 15.9 Å². The Morgan fingerprint density at radius 2 is 2.00 bits per heavy atom. The van der Waals surface area contributed by atoms with Crippen molar-refractivity contribution in [3.63, 3.8) is 0 Å². The molecule has 4 aromatic rings. The van der Waals surface area contributed by atoms with Crippen molar-refractivity contribution >= 4 is 44.9 Å². The zero-order valence-corrected chi connectivity index (χ0v) is 22.9. The van der Waals surface area contributed by atoms with Crippen molar-refractivity contribution in [2.45, 2.75) is 45.1 Å². The predicted octanol–water partition coefficient (Wildman–Crippen LogP) is 5.59. The third kappa shape index (κ3) is 5.16. The second-order valence-electron chi connectivity index (χ2n) is 9.39. The molecule has 37 heavy (non-hydrogen) atoms. The lowest BCUT2D eigenvalue weighted by Crippen LogP contribution is -2.28. The number of benzene rings is 2. The van der Waals surface area contributed by atoms with Gasteiger partial charge in [0.2, 0.25) is 5.91 Å². The van der Waals surface area contributed by atoms with Crippen LogP contribution in [0.2, 0.25) is 0 Å². The smallest absolute Gasteiger partial charge is 0.267 e. The van der Waals surface area contributed by atoms with E-state index >= 15 is 0 Å². The quantitative estimate of drug-likeness (QED) is 0.245. The molecule has 0 bridgehead atoms. The monoisotopic (exact) mass is 535 g/mol. The second-order valence-corrected chi connectivity index (χ2v) is 11.4. The fraction of sp³-hybridized carbons (Fsp3) is 0.321. The van der Waals surface area contributed by atoms with Crippen molar-refractivity contribution < 1.29 is 14.3 Å². The van der Waals surface area contributed by atoms with Gasteiger partial charge >= 0.3 is 0 Å². The van der Waals surface area contributed by atoms with Gasteiger partial charge in [-0.2, -0.15) is 0 Å². The first-order chi connectivity index (χ1) is 17.9. The van der Waals surface area contributed by atoms with Crippen molar-refractivity contribution in [3.05, 3.63) is 74.9 Å². The first-order valence-corrected chi connectivity index (χ1v) is 14.0. The Labute approximate surface area is 223 Å². The van der Waals surface area contributed by atoms with Crippen molar-refractivity contribution in [1.29, 1.82) is 0 Å². The molecule has 1 atom stereocenters. The molecule has 1 aliphatic heterocycles. The van der Waals surface area contributed by atoms with Crippen LogP contribution in [0.1, 0.15) is 29.9 Å². The Morgan fingerprint density at radius 1 is 1.24 bits per heavy atom. The standard InChI is InChI=1S/C28H29N3O4S2/c1-16(2)22-13-19-23(14-35-22)37-26-25(19)27(33)31(18-11-9-17(3)10-12-18)28(30-26)36-15-24(32)29-20-7-5-6-8-21(20)34-4/h5-12,16,22H,13-15H2,1-4H3,(H,29,32). The van der Waals surface area contributed by atoms with Crippen LogP contribution in [-0.2, 0) is 22.6 Å². The fourth-order valence-electron chi connectivity index (χ4n) is 4.42. The average molecular weight is 536 g/mol. The number of thioether (sulfide) groups is 1. The van der Waals surface area contributed by atoms with E-state index in [1.54, 1.807) is 23.8 Å². The van der Waals surface area contributed by atoms with E-state index in [9.17, 15) is 9.59 Å². The summed E-state index contributed by atoms with van der Waals surface area (Å²) in [6.07, 6.45) is 0.774. The van der Waals surface area contributed by atoms with Gasteiger partial charge in [-0.3, -0.25) is 14.2 Å². The summed E-state index contributed by atoms with van der Waals surface area (Å²) in [6.45, 7) is 6.77. The number of nitrogens with one attached hydrogen (secondary N) is 1. The van der Waals surface area contributed by atoms with Gasteiger partial charge in [-0.25, -0.2) is 4.98 Å². The highest BCUT2D eigenvalue weighted by molar-refractivity contribution is 7.99. The number of carbonyl (C=O) groups excluding carboxylic acids is 1. The molecule has 0 saturated heterocycles. The summed E-state index contributed by atoms with van der Waals surface area (Å²) in [5.41, 5.74) is 3.36. The molecule has 0 fully saturated rings. The molecule has 1 unspecified atom stereocenters. The number of methoxy groups -OCH3 is 1. The predicted molar refractivity (Wildman–Crippen MR) is 149 cm³/mol. The van der Waals surface area contributed by atoms with Crippen molar-refractivity contribution in [2.24, 2.45) is 5.92 Å². The fourth-order valence-corrected chi connectivity index (χ4v) is 6.40. The topological polar surface area (TPSA) is 82.5 Å². The third-order valence-electron chi connectivity index (χ3n) is 6.46. The molecule has 0 radical (unpaired) electrons. The van der Waals surface area contributed by atoms with Gasteiger partial charge in [-0.1, -0.05) is 55.4 Å². The minimum atomic E-state index is -0.210. The number of amides is 1. The van der Waals surface area contributed by atoms with Crippen LogP contribution in [0.3, 0.4) is 0 Å². The lowest BCUT2D eigenvalue weighted by molar-refractivity contribution is -0.113. The molecule has 1 amide bonds. The van der Waals surface area contributed by atoms with Crippen LogP contribution in [0, 0.1) is 12.8 Å². The summed E-state index contributed by atoms with van der Waals surface area (Å²) < 4.78 is 13.0. The maximum Gasteiger partial charge on any atom is 0.267 e. The van der Waals surface area contributed by atoms with E-state index < -0.39 is 0 Å². The van der Waals surface area contributed by atoms with Gasteiger partial charge in [-0.05, 0) is 42.7 Å². The first-order valence-electron chi connectivity index (χ1n) is 12.2. The van der Waals surface area contributed by atoms with Crippen LogP contribution in [0.15, 0.2) is 58.5 Å². The van der Waals surface area contributed by atoms with Gasteiger partial charge in [0.15, 0.2) is 5.16 Å². The van der Waals surface area contributed by atoms with Gasteiger partial charge in [0.05, 0.1) is 42.3 Å². The van der Waals surface area contributed by atoms with Crippen LogP contribution >= 0.6 is 23.1 Å². The zero-order valence-electron chi connectivity index (χ0n) is 21.2. The molecule has 0 aliphatic carbocycles. The number of hydrogen-bond acceptors (Lipinski definition) is 7. The van der Waals surface area contributed by atoms with E-state index in [4.69, 9.17) is 14.5 Å². The van der Waals surface area contributed by atoms with Gasteiger partial charge in [0, 0.05) is 11.3 Å². The number of aromatic nitrogens is 2. The summed E-state index contributed by atoms with van der Waals surface area (Å²) in [4.78, 5) is 33.5. The molecule has 192 valence electrons. The third-order valence-corrected chi connectivity index (χ3v) is 8.50. The lowest BCUT2D eigenvalue weighted by Gasteiger charge is -2.26. The number of fused-ring (bicyclic) bond motifs is 3. The Morgan fingerprint density at radius 3 is 2.73 bits per heavy atom. The average Bonchev–Trinajstić information content (AvgIpc) is 3.26. The molecule has 5 rings (SSSR count). The van der Waals surface area contributed by atoms with Crippen LogP contribution in [-0.4, -0.2) is 34.4 Å². The Balaban J connectivity index is 1.52. The molecular formula is C28H29N3O4S2. The maximum absolute atomic E-state index is 14.0. The number of nitrogens with zero attached hydrogens (tertiary/aromatic N) is 2. The SMILES string of the molecule is COc1ccccc1NC(=O)CSc1nc2sc3c(c2c(=O)n1-c1ccc(C)cc1)CC(C(C)C)OC3. The highest BCUT2D eigenvalue weighted by Gasteiger charge is 2.29. The maximum atomic E-state index is 14.0. The Kier molecular flexibility index (Phi) is 7.37. The summed E-state index contributed by atoms with van der Waals surface area (Å²) in [7, 11) is 1.56. The van der Waals surface area contributed by atoms with Crippen molar-refractivity contribution in [2.75, 3.05) is 18.2 Å². The number of rotatable bonds is 7. The number of para-hydroxylation sites is 2. The molecule has 9 heteroatoms. The minimum Gasteiger partial charge on any atom is -0.495 e. The summed E-state index contributed by atoms with van der Waals surface area (Å²) in [5.74, 6) is 0.818. The molecule has 2 aromatic carbocycles. The second kappa shape index (κ2) is 10.7. The highest BCUT2D eigenvalue weighted by atomic mass is 32.2. The number of anilines is 1. The lowest BCUT2D eigenvalue weighted by atomic mass is 9.96. The number of carbonyl (C=O) groups is 1. The normalized spacial score (nSPS) is 15.1. The molecule has 0 saturated carbocycles. The molecule has 1 aliphatic rings. The van der Waals surface area contributed by atoms with Gasteiger partial charge in [0.25, 0.3) is 5.56 Å². The van der Waals surface area contributed by atoms with E-state index in [0.717, 1.165) is 21.7 Å². The van der Waals surface area contributed by atoms with E-state index in [0.29, 0.717) is 45.8 Å². The molecule has 0 spiro atoms.